The summed E-state index contributed by atoms with van der Waals surface area (Å²) in [7, 11) is 0. The van der Waals surface area contributed by atoms with E-state index >= 15 is 0 Å². The lowest BCUT2D eigenvalue weighted by atomic mass is 10.1. The molecule has 0 saturated carbocycles. The van der Waals surface area contributed by atoms with Crippen molar-refractivity contribution >= 4 is 12.0 Å². The maximum absolute atomic E-state index is 12.1. The van der Waals surface area contributed by atoms with Gasteiger partial charge in [0.05, 0.1) is 18.5 Å². The predicted octanol–water partition coefficient (Wildman–Crippen LogP) is 4.28. The Hall–Kier alpha value is -3.39. The number of halogens is 3. The number of carbonyl (C=O) groups is 1. The van der Waals surface area contributed by atoms with E-state index in [2.05, 4.69) is 15.2 Å². The molecule has 8 heteroatoms. The van der Waals surface area contributed by atoms with Crippen LogP contribution in [0, 0.1) is 0 Å². The van der Waals surface area contributed by atoms with Crippen LogP contribution in [0.25, 0.3) is 11.8 Å². The number of aromatic nitrogens is 2. The van der Waals surface area contributed by atoms with Crippen LogP contribution in [0.1, 0.15) is 16.7 Å². The van der Waals surface area contributed by atoms with Gasteiger partial charge in [-0.1, -0.05) is 42.5 Å². The number of ether oxygens (including phenoxy) is 1. The van der Waals surface area contributed by atoms with E-state index in [4.69, 9.17) is 0 Å². The first-order valence-corrected chi connectivity index (χ1v) is 9.17. The van der Waals surface area contributed by atoms with Crippen LogP contribution in [0.2, 0.25) is 0 Å². The highest BCUT2D eigenvalue weighted by Crippen LogP contribution is 2.16. The molecular weight excluding hydrogens is 395 g/mol. The second-order valence-electron chi connectivity index (χ2n) is 6.53. The highest BCUT2D eigenvalue weighted by atomic mass is 19.4. The Kier molecular flexibility index (Phi) is 7.03. The van der Waals surface area contributed by atoms with Crippen LogP contribution in [-0.2, 0) is 22.7 Å². The molecule has 0 aliphatic rings. The minimum atomic E-state index is -4.34. The van der Waals surface area contributed by atoms with E-state index in [-0.39, 0.29) is 12.5 Å². The number of benzene rings is 2. The number of nitrogens with zero attached hydrogens (tertiary/aromatic N) is 2. The van der Waals surface area contributed by atoms with E-state index in [0.717, 1.165) is 16.8 Å². The Morgan fingerprint density at radius 1 is 1.07 bits per heavy atom. The normalized spacial score (nSPS) is 11.7. The van der Waals surface area contributed by atoms with Gasteiger partial charge < -0.3 is 10.1 Å². The van der Waals surface area contributed by atoms with Gasteiger partial charge in [-0.3, -0.25) is 4.79 Å². The summed E-state index contributed by atoms with van der Waals surface area (Å²) < 4.78 is 42.6. The third-order valence-corrected chi connectivity index (χ3v) is 4.07. The van der Waals surface area contributed by atoms with Gasteiger partial charge in [0.25, 0.3) is 0 Å². The molecule has 3 rings (SSSR count). The summed E-state index contributed by atoms with van der Waals surface area (Å²) in [5.41, 5.74) is 3.17. The molecule has 0 bridgehead atoms. The zero-order valence-corrected chi connectivity index (χ0v) is 16.0. The maximum atomic E-state index is 12.1. The molecule has 1 N–H and O–H groups in total. The highest BCUT2D eigenvalue weighted by Gasteiger charge is 2.27. The average molecular weight is 415 g/mol. The Balaban J connectivity index is 1.45. The molecule has 156 valence electrons. The number of hydrogen-bond donors (Lipinski definition) is 1. The van der Waals surface area contributed by atoms with E-state index < -0.39 is 12.8 Å². The third kappa shape index (κ3) is 6.89. The predicted molar refractivity (Wildman–Crippen MR) is 107 cm³/mol. The van der Waals surface area contributed by atoms with Gasteiger partial charge in [-0.15, -0.1) is 0 Å². The molecule has 0 fully saturated rings. The smallest absolute Gasteiger partial charge is 0.367 e. The zero-order chi connectivity index (χ0) is 21.4. The molecule has 0 unspecified atom stereocenters. The van der Waals surface area contributed by atoms with Gasteiger partial charge in [0.2, 0.25) is 5.91 Å². The molecule has 5 nitrogen and oxygen atoms in total. The number of alkyl halides is 3. The zero-order valence-electron chi connectivity index (χ0n) is 16.0. The minimum absolute atomic E-state index is 0.119. The van der Waals surface area contributed by atoms with E-state index in [0.29, 0.717) is 12.1 Å². The minimum Gasteiger partial charge on any atom is -0.367 e. The Morgan fingerprint density at radius 2 is 1.77 bits per heavy atom. The second-order valence-corrected chi connectivity index (χ2v) is 6.53. The lowest BCUT2D eigenvalue weighted by molar-refractivity contribution is -0.176. The number of para-hydroxylation sites is 1. The molecule has 2 aromatic carbocycles. The summed E-state index contributed by atoms with van der Waals surface area (Å²) in [6.45, 7) is -1.09. The molecule has 0 spiro atoms. The maximum Gasteiger partial charge on any atom is 0.411 e. The van der Waals surface area contributed by atoms with Crippen molar-refractivity contribution in [2.75, 3.05) is 6.61 Å². The molecule has 30 heavy (non-hydrogen) atoms. The van der Waals surface area contributed by atoms with Crippen LogP contribution in [0.3, 0.4) is 0 Å². The molecule has 0 atom stereocenters. The van der Waals surface area contributed by atoms with Gasteiger partial charge >= 0.3 is 6.18 Å². The summed E-state index contributed by atoms with van der Waals surface area (Å²) in [5.74, 6) is -0.264. The van der Waals surface area contributed by atoms with E-state index in [1.165, 1.54) is 6.08 Å². The van der Waals surface area contributed by atoms with Crippen LogP contribution in [0.15, 0.2) is 73.1 Å². The third-order valence-electron chi connectivity index (χ3n) is 4.07. The standard InChI is InChI=1S/C22H20F3N3O2/c23-22(24,25)16-30-15-18-8-6-17(7-9-18)12-26-21(29)11-10-19-13-27-28(14-19)20-4-2-1-3-5-20/h1-11,13-14H,12,15-16H2,(H,26,29)/b11-10+. The Bertz CT molecular complexity index is 981. The molecule has 1 aromatic heterocycles. The van der Waals surface area contributed by atoms with Gasteiger partial charge in [0, 0.05) is 24.4 Å². The number of carbonyl (C=O) groups excluding carboxylic acids is 1. The molecule has 0 saturated heterocycles. The SMILES string of the molecule is O=C(/C=C/c1cnn(-c2ccccc2)c1)NCc1ccc(COCC(F)(F)F)cc1. The first kappa shape index (κ1) is 21.3. The molecule has 1 amide bonds. The largest absolute Gasteiger partial charge is 0.411 e. The molecule has 3 aromatic rings. The Morgan fingerprint density at radius 3 is 2.47 bits per heavy atom. The topological polar surface area (TPSA) is 56.2 Å². The quantitative estimate of drug-likeness (QED) is 0.559. The van der Waals surface area contributed by atoms with Crippen molar-refractivity contribution in [3.8, 4) is 5.69 Å². The summed E-state index contributed by atoms with van der Waals surface area (Å²) in [5, 5.41) is 7.02. The number of amides is 1. The lowest BCUT2D eigenvalue weighted by Crippen LogP contribution is -2.20. The van der Waals surface area contributed by atoms with E-state index in [1.54, 1.807) is 41.2 Å². The van der Waals surface area contributed by atoms with Crippen molar-refractivity contribution in [2.45, 2.75) is 19.3 Å². The summed E-state index contributed by atoms with van der Waals surface area (Å²) in [6, 6.07) is 16.4. The highest BCUT2D eigenvalue weighted by molar-refractivity contribution is 5.91. The molecule has 0 aliphatic carbocycles. The number of nitrogens with one attached hydrogen (secondary N) is 1. The molecule has 0 radical (unpaired) electrons. The van der Waals surface area contributed by atoms with Gasteiger partial charge in [0.15, 0.2) is 0 Å². The van der Waals surface area contributed by atoms with Crippen LogP contribution in [0.5, 0.6) is 0 Å². The van der Waals surface area contributed by atoms with Crippen molar-refractivity contribution in [2.24, 2.45) is 0 Å². The first-order chi connectivity index (χ1) is 14.4. The van der Waals surface area contributed by atoms with E-state index in [9.17, 15) is 18.0 Å². The summed E-state index contributed by atoms with van der Waals surface area (Å²) >= 11 is 0. The van der Waals surface area contributed by atoms with Gasteiger partial charge in [0.1, 0.15) is 6.61 Å². The van der Waals surface area contributed by atoms with Crippen LogP contribution in [-0.4, -0.2) is 28.5 Å². The first-order valence-electron chi connectivity index (χ1n) is 9.17. The van der Waals surface area contributed by atoms with E-state index in [1.807, 2.05) is 36.5 Å². The van der Waals surface area contributed by atoms with Crippen molar-refractivity contribution in [1.29, 1.82) is 0 Å². The van der Waals surface area contributed by atoms with Gasteiger partial charge in [-0.25, -0.2) is 4.68 Å². The fraction of sp³-hybridized carbons (Fsp3) is 0.182. The fourth-order valence-electron chi connectivity index (χ4n) is 2.60. The number of hydrogen-bond acceptors (Lipinski definition) is 3. The van der Waals surface area contributed by atoms with Crippen LogP contribution < -0.4 is 5.32 Å². The summed E-state index contributed by atoms with van der Waals surface area (Å²) in [4.78, 5) is 12.0. The van der Waals surface area contributed by atoms with Crippen molar-refractivity contribution < 1.29 is 22.7 Å². The number of rotatable bonds is 8. The van der Waals surface area contributed by atoms with Crippen LogP contribution in [0.4, 0.5) is 13.2 Å². The molecule has 0 aliphatic heterocycles. The van der Waals surface area contributed by atoms with Crippen LogP contribution >= 0.6 is 0 Å². The van der Waals surface area contributed by atoms with Crippen molar-refractivity contribution in [3.63, 3.8) is 0 Å². The molecule has 1 heterocycles. The van der Waals surface area contributed by atoms with Crippen molar-refractivity contribution in [3.05, 3.63) is 89.8 Å². The van der Waals surface area contributed by atoms with Crippen molar-refractivity contribution in [1.82, 2.24) is 15.1 Å². The van der Waals surface area contributed by atoms with Gasteiger partial charge in [-0.2, -0.15) is 18.3 Å². The Labute approximate surface area is 171 Å². The average Bonchev–Trinajstić information content (AvgIpc) is 3.20. The molecular formula is C22H20F3N3O2. The second kappa shape index (κ2) is 9.89. The summed E-state index contributed by atoms with van der Waals surface area (Å²) in [6.07, 6.45) is 2.24. The monoisotopic (exact) mass is 415 g/mol. The fourth-order valence-corrected chi connectivity index (χ4v) is 2.60. The van der Waals surface area contributed by atoms with Gasteiger partial charge in [-0.05, 0) is 29.3 Å². The lowest BCUT2D eigenvalue weighted by Gasteiger charge is -2.08.